The summed E-state index contributed by atoms with van der Waals surface area (Å²) in [4.78, 5) is 14.2. The first-order valence-electron chi connectivity index (χ1n) is 6.82. The summed E-state index contributed by atoms with van der Waals surface area (Å²) in [6.07, 6.45) is 0.747. The van der Waals surface area contributed by atoms with Crippen LogP contribution in [0.3, 0.4) is 0 Å². The van der Waals surface area contributed by atoms with Gasteiger partial charge < -0.3 is 15.0 Å². The van der Waals surface area contributed by atoms with Gasteiger partial charge in [-0.3, -0.25) is 4.79 Å². The highest BCUT2D eigenvalue weighted by Gasteiger charge is 2.35. The van der Waals surface area contributed by atoms with Crippen LogP contribution in [0.15, 0.2) is 0 Å². The Hall–Kier alpha value is -0.610. The van der Waals surface area contributed by atoms with Crippen LogP contribution in [-0.2, 0) is 9.53 Å². The summed E-state index contributed by atoms with van der Waals surface area (Å²) in [7, 11) is 3.25. The minimum Gasteiger partial charge on any atom is -0.468 e. The van der Waals surface area contributed by atoms with E-state index in [4.69, 9.17) is 4.74 Å². The first kappa shape index (κ1) is 17.4. The van der Waals surface area contributed by atoms with E-state index in [0.717, 1.165) is 19.5 Å². The molecule has 0 radical (unpaired) electrons. The van der Waals surface area contributed by atoms with Crippen LogP contribution in [0.1, 0.15) is 41.0 Å². The Balaban J connectivity index is 4.67. The number of nitrogens with one attached hydrogen (secondary N) is 1. The lowest BCUT2D eigenvalue weighted by Gasteiger charge is -2.35. The average molecular weight is 258 g/mol. The summed E-state index contributed by atoms with van der Waals surface area (Å²) in [6.45, 7) is 12.7. The summed E-state index contributed by atoms with van der Waals surface area (Å²) < 4.78 is 4.88. The van der Waals surface area contributed by atoms with E-state index in [1.807, 2.05) is 14.0 Å². The third-order valence-electron chi connectivity index (χ3n) is 3.52. The Bertz CT molecular complexity index is 256. The highest BCUT2D eigenvalue weighted by atomic mass is 16.5. The second-order valence-corrected chi connectivity index (χ2v) is 5.61. The molecule has 0 rings (SSSR count). The molecular formula is C14H30N2O2. The van der Waals surface area contributed by atoms with Crippen LogP contribution in [-0.4, -0.2) is 49.7 Å². The Labute approximate surface area is 112 Å². The molecule has 0 heterocycles. The SMILES string of the molecule is CCN(CC(C)C)C(C)CC(C)(NC)C(=O)OC. The van der Waals surface area contributed by atoms with Crippen LogP contribution in [0.4, 0.5) is 0 Å². The first-order chi connectivity index (χ1) is 8.30. The van der Waals surface area contributed by atoms with Crippen LogP contribution >= 0.6 is 0 Å². The van der Waals surface area contributed by atoms with Crippen molar-refractivity contribution in [2.75, 3.05) is 27.2 Å². The molecule has 0 amide bonds. The van der Waals surface area contributed by atoms with E-state index < -0.39 is 5.54 Å². The molecule has 1 N–H and O–H groups in total. The summed E-state index contributed by atoms with van der Waals surface area (Å²) in [5.41, 5.74) is -0.613. The van der Waals surface area contributed by atoms with Gasteiger partial charge in [-0.2, -0.15) is 0 Å². The molecule has 0 aromatic heterocycles. The highest BCUT2D eigenvalue weighted by molar-refractivity contribution is 5.80. The van der Waals surface area contributed by atoms with Crippen molar-refractivity contribution in [1.29, 1.82) is 0 Å². The van der Waals surface area contributed by atoms with E-state index in [1.165, 1.54) is 7.11 Å². The molecule has 0 aliphatic rings. The third-order valence-corrected chi connectivity index (χ3v) is 3.52. The molecule has 0 saturated heterocycles. The van der Waals surface area contributed by atoms with Gasteiger partial charge in [0.1, 0.15) is 5.54 Å². The molecule has 0 aromatic rings. The zero-order valence-electron chi connectivity index (χ0n) is 13.0. The van der Waals surface area contributed by atoms with Gasteiger partial charge in [-0.1, -0.05) is 20.8 Å². The Morgan fingerprint density at radius 2 is 1.94 bits per heavy atom. The molecule has 0 fully saturated rings. The molecule has 4 heteroatoms. The quantitative estimate of drug-likeness (QED) is 0.675. The van der Waals surface area contributed by atoms with Crippen molar-refractivity contribution in [2.24, 2.45) is 5.92 Å². The Morgan fingerprint density at radius 1 is 1.39 bits per heavy atom. The zero-order valence-corrected chi connectivity index (χ0v) is 13.0. The summed E-state index contributed by atoms with van der Waals surface area (Å²) in [5, 5.41) is 3.09. The number of ether oxygens (including phenoxy) is 1. The van der Waals surface area contributed by atoms with Gasteiger partial charge in [0, 0.05) is 12.6 Å². The van der Waals surface area contributed by atoms with Crippen molar-refractivity contribution in [3.05, 3.63) is 0 Å². The van der Waals surface area contributed by atoms with E-state index in [2.05, 4.69) is 37.9 Å². The predicted octanol–water partition coefficient (Wildman–Crippen LogP) is 1.89. The highest BCUT2D eigenvalue weighted by Crippen LogP contribution is 2.18. The van der Waals surface area contributed by atoms with Crippen molar-refractivity contribution < 1.29 is 9.53 Å². The van der Waals surface area contributed by atoms with Crippen molar-refractivity contribution in [3.63, 3.8) is 0 Å². The smallest absolute Gasteiger partial charge is 0.325 e. The molecule has 0 bridgehead atoms. The lowest BCUT2D eigenvalue weighted by molar-refractivity contribution is -0.148. The van der Waals surface area contributed by atoms with E-state index in [0.29, 0.717) is 12.0 Å². The average Bonchev–Trinajstić information content (AvgIpc) is 2.33. The van der Waals surface area contributed by atoms with Crippen LogP contribution in [0.2, 0.25) is 0 Å². The standard InChI is InChI=1S/C14H30N2O2/c1-8-16(10-11(2)3)12(4)9-14(5,15-6)13(17)18-7/h11-12,15H,8-10H2,1-7H3. The van der Waals surface area contributed by atoms with Crippen LogP contribution in [0.25, 0.3) is 0 Å². The monoisotopic (exact) mass is 258 g/mol. The van der Waals surface area contributed by atoms with Crippen LogP contribution in [0, 0.1) is 5.92 Å². The van der Waals surface area contributed by atoms with E-state index >= 15 is 0 Å². The predicted molar refractivity (Wildman–Crippen MR) is 75.6 cm³/mol. The van der Waals surface area contributed by atoms with Crippen molar-refractivity contribution in [3.8, 4) is 0 Å². The number of rotatable bonds is 8. The largest absolute Gasteiger partial charge is 0.468 e. The Morgan fingerprint density at radius 3 is 2.28 bits per heavy atom. The second-order valence-electron chi connectivity index (χ2n) is 5.61. The molecule has 108 valence electrons. The summed E-state index contributed by atoms with van der Waals surface area (Å²) in [6, 6.07) is 0.342. The lowest BCUT2D eigenvalue weighted by atomic mass is 9.92. The van der Waals surface area contributed by atoms with E-state index in [9.17, 15) is 4.79 Å². The second kappa shape index (κ2) is 7.74. The van der Waals surface area contributed by atoms with Gasteiger partial charge >= 0.3 is 5.97 Å². The number of nitrogens with zero attached hydrogens (tertiary/aromatic N) is 1. The minimum absolute atomic E-state index is 0.197. The molecule has 0 spiro atoms. The Kier molecular flexibility index (Phi) is 7.48. The minimum atomic E-state index is -0.613. The summed E-state index contributed by atoms with van der Waals surface area (Å²) >= 11 is 0. The number of methoxy groups -OCH3 is 1. The topological polar surface area (TPSA) is 41.6 Å². The summed E-state index contributed by atoms with van der Waals surface area (Å²) in [5.74, 6) is 0.434. The number of carbonyl (C=O) groups is 1. The molecule has 0 saturated carbocycles. The van der Waals surface area contributed by atoms with Gasteiger partial charge in [0.05, 0.1) is 7.11 Å². The molecule has 18 heavy (non-hydrogen) atoms. The molecule has 0 aromatic carbocycles. The van der Waals surface area contributed by atoms with Gasteiger partial charge in [0.25, 0.3) is 0 Å². The van der Waals surface area contributed by atoms with Crippen molar-refractivity contribution in [2.45, 2.75) is 52.6 Å². The fraction of sp³-hybridized carbons (Fsp3) is 0.929. The third kappa shape index (κ3) is 4.94. The van der Waals surface area contributed by atoms with Gasteiger partial charge in [-0.25, -0.2) is 0 Å². The van der Waals surface area contributed by atoms with Gasteiger partial charge in [0.15, 0.2) is 0 Å². The van der Waals surface area contributed by atoms with Crippen LogP contribution < -0.4 is 5.32 Å². The molecule has 0 aliphatic carbocycles. The van der Waals surface area contributed by atoms with Crippen molar-refractivity contribution in [1.82, 2.24) is 10.2 Å². The van der Waals surface area contributed by atoms with E-state index in [-0.39, 0.29) is 5.97 Å². The number of esters is 1. The number of likely N-dealkylation sites (N-methyl/N-ethyl adjacent to an activating group) is 1. The first-order valence-corrected chi connectivity index (χ1v) is 6.82. The lowest BCUT2D eigenvalue weighted by Crippen LogP contribution is -2.53. The maximum atomic E-state index is 11.8. The molecule has 4 nitrogen and oxygen atoms in total. The number of carbonyl (C=O) groups excluding carboxylic acids is 1. The van der Waals surface area contributed by atoms with Crippen molar-refractivity contribution >= 4 is 5.97 Å². The van der Waals surface area contributed by atoms with Gasteiger partial charge in [0.2, 0.25) is 0 Å². The molecule has 2 atom stereocenters. The van der Waals surface area contributed by atoms with Crippen LogP contribution in [0.5, 0.6) is 0 Å². The zero-order chi connectivity index (χ0) is 14.3. The fourth-order valence-electron chi connectivity index (χ4n) is 2.32. The van der Waals surface area contributed by atoms with Gasteiger partial charge in [-0.15, -0.1) is 0 Å². The maximum Gasteiger partial charge on any atom is 0.325 e. The van der Waals surface area contributed by atoms with E-state index in [1.54, 1.807) is 0 Å². The normalized spacial score (nSPS) is 16.7. The molecule has 2 unspecified atom stereocenters. The fourth-order valence-corrected chi connectivity index (χ4v) is 2.32. The molecule has 0 aliphatic heterocycles. The maximum absolute atomic E-state index is 11.8. The van der Waals surface area contributed by atoms with Gasteiger partial charge in [-0.05, 0) is 39.8 Å². The number of hydrogen-bond donors (Lipinski definition) is 1. The number of hydrogen-bond acceptors (Lipinski definition) is 4. The molecular weight excluding hydrogens is 228 g/mol.